The Kier molecular flexibility index (Phi) is 3.33. The summed E-state index contributed by atoms with van der Waals surface area (Å²) in [6.07, 6.45) is 4.27. The molecule has 0 fully saturated rings. The minimum atomic E-state index is -0.201. The third-order valence-electron chi connectivity index (χ3n) is 3.24. The number of nitrogens with zero attached hydrogens (tertiary/aromatic N) is 3. The number of aryl methyl sites for hydroxylation is 1. The van der Waals surface area contributed by atoms with E-state index in [1.165, 1.54) is 6.07 Å². The smallest absolute Gasteiger partial charge is 0.154 e. The van der Waals surface area contributed by atoms with Gasteiger partial charge >= 0.3 is 0 Å². The Morgan fingerprint density at radius 3 is 3.00 bits per heavy atom. The molecule has 0 unspecified atom stereocenters. The summed E-state index contributed by atoms with van der Waals surface area (Å²) in [6, 6.07) is 8.57. The lowest BCUT2D eigenvalue weighted by Crippen LogP contribution is -2.07. The molecule has 0 saturated heterocycles. The van der Waals surface area contributed by atoms with Crippen molar-refractivity contribution in [1.29, 1.82) is 0 Å². The zero-order valence-electron chi connectivity index (χ0n) is 11.2. The lowest BCUT2D eigenvalue weighted by molar-refractivity contribution is 0.625. The Hall–Kier alpha value is -2.43. The maximum absolute atomic E-state index is 13.1. The number of imidazole rings is 1. The number of hydrogen-bond donors (Lipinski definition) is 1. The van der Waals surface area contributed by atoms with Crippen LogP contribution in [0.25, 0.3) is 11.0 Å². The zero-order valence-corrected chi connectivity index (χ0v) is 11.2. The summed E-state index contributed by atoms with van der Waals surface area (Å²) in [4.78, 5) is 8.64. The predicted octanol–water partition coefficient (Wildman–Crippen LogP) is 2.76. The van der Waals surface area contributed by atoms with E-state index in [2.05, 4.69) is 15.3 Å². The van der Waals surface area contributed by atoms with Crippen molar-refractivity contribution in [3.8, 4) is 0 Å². The minimum absolute atomic E-state index is 0.201. The molecule has 20 heavy (non-hydrogen) atoms. The molecule has 5 heteroatoms. The first-order valence-electron chi connectivity index (χ1n) is 6.48. The van der Waals surface area contributed by atoms with Gasteiger partial charge in [0.05, 0.1) is 11.8 Å². The number of benzene rings is 1. The Morgan fingerprint density at radius 2 is 2.15 bits per heavy atom. The van der Waals surface area contributed by atoms with Gasteiger partial charge in [-0.2, -0.15) is 0 Å². The van der Waals surface area contributed by atoms with Crippen LogP contribution in [0, 0.1) is 5.82 Å². The van der Waals surface area contributed by atoms with Gasteiger partial charge in [-0.15, -0.1) is 0 Å². The molecule has 2 heterocycles. The molecular formula is C15H15FN4. The Morgan fingerprint density at radius 1 is 1.25 bits per heavy atom. The van der Waals surface area contributed by atoms with Crippen LogP contribution in [0.4, 0.5) is 10.2 Å². The van der Waals surface area contributed by atoms with E-state index in [0.29, 0.717) is 6.54 Å². The number of halogens is 1. The third-order valence-corrected chi connectivity index (χ3v) is 3.24. The van der Waals surface area contributed by atoms with Crippen LogP contribution in [0.2, 0.25) is 0 Å². The van der Waals surface area contributed by atoms with Crippen molar-refractivity contribution in [2.75, 3.05) is 11.9 Å². The van der Waals surface area contributed by atoms with Gasteiger partial charge in [0.1, 0.15) is 11.3 Å². The predicted molar refractivity (Wildman–Crippen MR) is 77.1 cm³/mol. The molecule has 3 rings (SSSR count). The molecule has 0 radical (unpaired) electrons. The number of nitrogens with one attached hydrogen (secondary N) is 1. The van der Waals surface area contributed by atoms with Crippen molar-refractivity contribution in [3.63, 3.8) is 0 Å². The highest BCUT2D eigenvalue weighted by atomic mass is 19.1. The molecular weight excluding hydrogens is 255 g/mol. The molecule has 0 saturated carbocycles. The highest BCUT2D eigenvalue weighted by Crippen LogP contribution is 2.18. The molecule has 0 aliphatic carbocycles. The summed E-state index contributed by atoms with van der Waals surface area (Å²) in [5, 5.41) is 3.26. The van der Waals surface area contributed by atoms with E-state index in [9.17, 15) is 4.39 Å². The summed E-state index contributed by atoms with van der Waals surface area (Å²) in [7, 11) is 1.95. The molecule has 1 aromatic carbocycles. The van der Waals surface area contributed by atoms with Crippen LogP contribution in [0.3, 0.4) is 0 Å². The van der Waals surface area contributed by atoms with E-state index in [4.69, 9.17) is 0 Å². The topological polar surface area (TPSA) is 42.7 Å². The SMILES string of the molecule is Cn1cnc2c(NCCc3cccc(F)c3)nccc21. The molecule has 0 atom stereocenters. The first kappa shape index (κ1) is 12.6. The molecule has 0 aliphatic rings. The van der Waals surface area contributed by atoms with Crippen LogP contribution in [0.1, 0.15) is 5.56 Å². The van der Waals surface area contributed by atoms with Gasteiger partial charge in [0.15, 0.2) is 5.82 Å². The molecule has 102 valence electrons. The van der Waals surface area contributed by atoms with Gasteiger partial charge in [0, 0.05) is 19.8 Å². The standard InChI is InChI=1S/C15H15FN4/c1-20-10-19-14-13(20)6-8-18-15(14)17-7-5-11-3-2-4-12(16)9-11/h2-4,6,8-10H,5,7H2,1H3,(H,17,18). The number of aromatic nitrogens is 3. The van der Waals surface area contributed by atoms with Crippen molar-refractivity contribution in [2.45, 2.75) is 6.42 Å². The van der Waals surface area contributed by atoms with Crippen LogP contribution in [-0.4, -0.2) is 21.1 Å². The minimum Gasteiger partial charge on any atom is -0.368 e. The maximum atomic E-state index is 13.1. The molecule has 3 aromatic rings. The molecule has 1 N–H and O–H groups in total. The lowest BCUT2D eigenvalue weighted by atomic mass is 10.1. The summed E-state index contributed by atoms with van der Waals surface area (Å²) in [5.41, 5.74) is 2.85. The number of hydrogen-bond acceptors (Lipinski definition) is 3. The Labute approximate surface area is 116 Å². The summed E-state index contributed by atoms with van der Waals surface area (Å²) in [5.74, 6) is 0.562. The van der Waals surface area contributed by atoms with Gasteiger partial charge in [0.2, 0.25) is 0 Å². The molecule has 0 bridgehead atoms. The van der Waals surface area contributed by atoms with Gasteiger partial charge in [-0.3, -0.25) is 0 Å². The molecule has 0 aliphatic heterocycles. The van der Waals surface area contributed by atoms with E-state index >= 15 is 0 Å². The Balaban J connectivity index is 1.71. The highest BCUT2D eigenvalue weighted by Gasteiger charge is 2.06. The van der Waals surface area contributed by atoms with Crippen molar-refractivity contribution in [2.24, 2.45) is 7.05 Å². The number of rotatable bonds is 4. The molecule has 0 spiro atoms. The van der Waals surface area contributed by atoms with Crippen LogP contribution >= 0.6 is 0 Å². The number of pyridine rings is 1. The van der Waals surface area contributed by atoms with Gasteiger partial charge in [-0.1, -0.05) is 12.1 Å². The van der Waals surface area contributed by atoms with E-state index in [1.54, 1.807) is 24.7 Å². The average Bonchev–Trinajstić information content (AvgIpc) is 2.82. The van der Waals surface area contributed by atoms with Crippen molar-refractivity contribution in [1.82, 2.24) is 14.5 Å². The normalized spacial score (nSPS) is 10.9. The van der Waals surface area contributed by atoms with E-state index in [0.717, 1.165) is 28.8 Å². The van der Waals surface area contributed by atoms with Crippen LogP contribution < -0.4 is 5.32 Å². The van der Waals surface area contributed by atoms with Crippen LogP contribution in [0.15, 0.2) is 42.9 Å². The fourth-order valence-corrected chi connectivity index (χ4v) is 2.21. The second-order valence-corrected chi connectivity index (χ2v) is 4.69. The lowest BCUT2D eigenvalue weighted by Gasteiger charge is -2.06. The first-order chi connectivity index (χ1) is 9.74. The van der Waals surface area contributed by atoms with Crippen molar-refractivity contribution < 1.29 is 4.39 Å². The number of anilines is 1. The third kappa shape index (κ3) is 2.47. The van der Waals surface area contributed by atoms with Gasteiger partial charge in [-0.05, 0) is 30.2 Å². The van der Waals surface area contributed by atoms with E-state index < -0.39 is 0 Å². The summed E-state index contributed by atoms with van der Waals surface area (Å²) in [6.45, 7) is 0.687. The second-order valence-electron chi connectivity index (χ2n) is 4.69. The average molecular weight is 270 g/mol. The monoisotopic (exact) mass is 270 g/mol. The zero-order chi connectivity index (χ0) is 13.9. The fraction of sp³-hybridized carbons (Fsp3) is 0.200. The highest BCUT2D eigenvalue weighted by molar-refractivity contribution is 5.85. The van der Waals surface area contributed by atoms with E-state index in [-0.39, 0.29) is 5.82 Å². The van der Waals surface area contributed by atoms with Gasteiger partial charge in [-0.25, -0.2) is 14.4 Å². The fourth-order valence-electron chi connectivity index (χ4n) is 2.21. The van der Waals surface area contributed by atoms with Crippen LogP contribution in [-0.2, 0) is 13.5 Å². The van der Waals surface area contributed by atoms with E-state index in [1.807, 2.05) is 23.7 Å². The van der Waals surface area contributed by atoms with Gasteiger partial charge in [0.25, 0.3) is 0 Å². The maximum Gasteiger partial charge on any atom is 0.154 e. The molecule has 4 nitrogen and oxygen atoms in total. The molecule has 0 amide bonds. The number of fused-ring (bicyclic) bond motifs is 1. The summed E-state index contributed by atoms with van der Waals surface area (Å²) < 4.78 is 15.0. The largest absolute Gasteiger partial charge is 0.368 e. The first-order valence-corrected chi connectivity index (χ1v) is 6.48. The Bertz CT molecular complexity index is 736. The summed E-state index contributed by atoms with van der Waals surface area (Å²) >= 11 is 0. The second kappa shape index (κ2) is 5.28. The van der Waals surface area contributed by atoms with Crippen molar-refractivity contribution >= 4 is 16.9 Å². The molecule has 2 aromatic heterocycles. The quantitative estimate of drug-likeness (QED) is 0.792. The van der Waals surface area contributed by atoms with Crippen molar-refractivity contribution in [3.05, 3.63) is 54.2 Å². The van der Waals surface area contributed by atoms with Gasteiger partial charge < -0.3 is 9.88 Å². The van der Waals surface area contributed by atoms with Crippen LogP contribution in [0.5, 0.6) is 0 Å².